The van der Waals surface area contributed by atoms with Crippen molar-refractivity contribution in [3.05, 3.63) is 29.3 Å². The average Bonchev–Trinajstić information content (AvgIpc) is 3.31. The molecule has 5 nitrogen and oxygen atoms in total. The lowest BCUT2D eigenvalue weighted by molar-refractivity contribution is 0.0377. The first-order valence-electron chi connectivity index (χ1n) is 8.12. The molecule has 2 aliphatic rings. The SMILES string of the molecule is Cc1ccc(S(=O)(=O)N[C@@H]2C[C@H]2C2CC2)cc1C(=O)OC(C)C. The summed E-state index contributed by atoms with van der Waals surface area (Å²) in [6.45, 7) is 5.30. The zero-order valence-electron chi connectivity index (χ0n) is 13.7. The van der Waals surface area contributed by atoms with Crippen LogP contribution in [0.5, 0.6) is 0 Å². The van der Waals surface area contributed by atoms with E-state index in [1.807, 2.05) is 0 Å². The summed E-state index contributed by atoms with van der Waals surface area (Å²) in [5, 5.41) is 0. The van der Waals surface area contributed by atoms with Crippen LogP contribution in [0.1, 0.15) is 49.0 Å². The van der Waals surface area contributed by atoms with Gasteiger partial charge in [0.15, 0.2) is 0 Å². The van der Waals surface area contributed by atoms with Gasteiger partial charge in [0.1, 0.15) is 0 Å². The van der Waals surface area contributed by atoms with Crippen molar-refractivity contribution in [2.24, 2.45) is 11.8 Å². The number of esters is 1. The predicted molar refractivity (Wildman–Crippen MR) is 86.7 cm³/mol. The molecule has 0 saturated heterocycles. The number of ether oxygens (including phenoxy) is 1. The Morgan fingerprint density at radius 3 is 2.61 bits per heavy atom. The molecule has 1 aromatic carbocycles. The highest BCUT2D eigenvalue weighted by Gasteiger charge is 2.49. The maximum atomic E-state index is 12.5. The van der Waals surface area contributed by atoms with Gasteiger partial charge in [0.25, 0.3) is 0 Å². The fraction of sp³-hybridized carbons (Fsp3) is 0.588. The number of sulfonamides is 1. The van der Waals surface area contributed by atoms with Crippen molar-refractivity contribution in [1.29, 1.82) is 0 Å². The second kappa shape index (κ2) is 5.91. The van der Waals surface area contributed by atoms with Crippen LogP contribution in [0.3, 0.4) is 0 Å². The summed E-state index contributed by atoms with van der Waals surface area (Å²) < 4.78 is 33.0. The molecule has 0 unspecified atom stereocenters. The van der Waals surface area contributed by atoms with Crippen molar-refractivity contribution in [1.82, 2.24) is 4.72 Å². The summed E-state index contributed by atoms with van der Waals surface area (Å²) in [4.78, 5) is 12.2. The molecule has 2 saturated carbocycles. The van der Waals surface area contributed by atoms with Crippen LogP contribution in [-0.2, 0) is 14.8 Å². The van der Waals surface area contributed by atoms with Gasteiger partial charge in [-0.05, 0) is 69.6 Å². The molecule has 2 fully saturated rings. The third-order valence-electron chi connectivity index (χ3n) is 4.46. The van der Waals surface area contributed by atoms with Crippen LogP contribution in [0.4, 0.5) is 0 Å². The highest BCUT2D eigenvalue weighted by molar-refractivity contribution is 7.89. The van der Waals surface area contributed by atoms with Crippen molar-refractivity contribution < 1.29 is 17.9 Å². The Hall–Kier alpha value is -1.40. The molecular weight excluding hydrogens is 314 g/mol. The largest absolute Gasteiger partial charge is 0.459 e. The van der Waals surface area contributed by atoms with Crippen LogP contribution < -0.4 is 4.72 Å². The number of nitrogens with one attached hydrogen (secondary N) is 1. The normalized spacial score (nSPS) is 23.8. The fourth-order valence-corrected chi connectivity index (χ4v) is 4.25. The van der Waals surface area contributed by atoms with E-state index >= 15 is 0 Å². The average molecular weight is 337 g/mol. The van der Waals surface area contributed by atoms with Crippen molar-refractivity contribution in [3.8, 4) is 0 Å². The molecule has 3 rings (SSSR count). The molecule has 126 valence electrons. The molecule has 2 aliphatic carbocycles. The third kappa shape index (κ3) is 3.75. The minimum absolute atomic E-state index is 0.0554. The molecule has 0 bridgehead atoms. The van der Waals surface area contributed by atoms with Gasteiger partial charge in [-0.15, -0.1) is 0 Å². The number of aryl methyl sites for hydroxylation is 1. The van der Waals surface area contributed by atoms with Crippen LogP contribution in [0.25, 0.3) is 0 Å². The molecular formula is C17H23NO4S. The van der Waals surface area contributed by atoms with Crippen molar-refractivity contribution in [2.75, 3.05) is 0 Å². The Bertz CT molecular complexity index is 722. The van der Waals surface area contributed by atoms with Gasteiger partial charge in [-0.1, -0.05) is 6.07 Å². The smallest absolute Gasteiger partial charge is 0.338 e. The molecule has 0 aromatic heterocycles. The third-order valence-corrected chi connectivity index (χ3v) is 5.94. The molecule has 1 aromatic rings. The number of carbonyl (C=O) groups is 1. The molecule has 23 heavy (non-hydrogen) atoms. The predicted octanol–water partition coefficient (Wildman–Crippen LogP) is 2.64. The van der Waals surface area contributed by atoms with Gasteiger partial charge >= 0.3 is 5.97 Å². The number of hydrogen-bond acceptors (Lipinski definition) is 4. The lowest BCUT2D eigenvalue weighted by Crippen LogP contribution is -2.27. The number of hydrogen-bond donors (Lipinski definition) is 1. The van der Waals surface area contributed by atoms with Crippen LogP contribution in [-0.4, -0.2) is 26.5 Å². The zero-order valence-corrected chi connectivity index (χ0v) is 14.5. The molecule has 2 atom stereocenters. The van der Waals surface area contributed by atoms with E-state index in [0.717, 1.165) is 6.42 Å². The standard InChI is InChI=1S/C17H23NO4S/c1-10(2)22-17(19)14-8-13(7-4-11(14)3)23(20,21)18-16-9-15(16)12-5-6-12/h4,7-8,10,12,15-16,18H,5-6,9H2,1-3H3/t15-,16+/m0/s1. The van der Waals surface area contributed by atoms with E-state index in [9.17, 15) is 13.2 Å². The lowest BCUT2D eigenvalue weighted by atomic mass is 10.1. The van der Waals surface area contributed by atoms with E-state index in [0.29, 0.717) is 23.0 Å². The first-order chi connectivity index (χ1) is 10.8. The lowest BCUT2D eigenvalue weighted by Gasteiger charge is -2.12. The molecule has 0 heterocycles. The Balaban J connectivity index is 1.77. The van der Waals surface area contributed by atoms with Gasteiger partial charge in [-0.2, -0.15) is 0 Å². The van der Waals surface area contributed by atoms with Crippen molar-refractivity contribution >= 4 is 16.0 Å². The summed E-state index contributed by atoms with van der Waals surface area (Å²) in [5.74, 6) is 0.717. The van der Waals surface area contributed by atoms with Crippen LogP contribution in [0.15, 0.2) is 23.1 Å². The van der Waals surface area contributed by atoms with E-state index in [-0.39, 0.29) is 17.0 Å². The Morgan fingerprint density at radius 1 is 1.30 bits per heavy atom. The first-order valence-corrected chi connectivity index (χ1v) is 9.60. The van der Waals surface area contributed by atoms with Gasteiger partial charge in [0.2, 0.25) is 10.0 Å². The summed E-state index contributed by atoms with van der Waals surface area (Å²) in [6, 6.07) is 4.66. The quantitative estimate of drug-likeness (QED) is 0.810. The topological polar surface area (TPSA) is 72.5 Å². The summed E-state index contributed by atoms with van der Waals surface area (Å²) in [7, 11) is -3.59. The van der Waals surface area contributed by atoms with Crippen molar-refractivity contribution in [3.63, 3.8) is 0 Å². The Labute approximate surface area is 137 Å². The van der Waals surface area contributed by atoms with Gasteiger partial charge < -0.3 is 4.74 Å². The molecule has 0 amide bonds. The Morgan fingerprint density at radius 2 is 2.00 bits per heavy atom. The number of rotatable bonds is 6. The minimum atomic E-state index is -3.59. The van der Waals surface area contributed by atoms with Gasteiger partial charge in [-0.3, -0.25) is 0 Å². The maximum Gasteiger partial charge on any atom is 0.338 e. The van der Waals surface area contributed by atoms with Crippen LogP contribution in [0.2, 0.25) is 0 Å². The minimum Gasteiger partial charge on any atom is -0.459 e. The zero-order chi connectivity index (χ0) is 16.8. The summed E-state index contributed by atoms with van der Waals surface area (Å²) >= 11 is 0. The Kier molecular flexibility index (Phi) is 4.23. The molecule has 0 aliphatic heterocycles. The first kappa shape index (κ1) is 16.5. The van der Waals surface area contributed by atoms with Gasteiger partial charge in [0, 0.05) is 6.04 Å². The fourth-order valence-electron chi connectivity index (χ4n) is 2.93. The molecule has 1 N–H and O–H groups in total. The number of benzene rings is 1. The van der Waals surface area contributed by atoms with E-state index in [1.54, 1.807) is 32.9 Å². The van der Waals surface area contributed by atoms with E-state index in [1.165, 1.54) is 18.9 Å². The van der Waals surface area contributed by atoms with E-state index < -0.39 is 16.0 Å². The van der Waals surface area contributed by atoms with Crippen LogP contribution in [0, 0.1) is 18.8 Å². The van der Waals surface area contributed by atoms with E-state index in [2.05, 4.69) is 4.72 Å². The molecule has 0 spiro atoms. The second-order valence-electron chi connectivity index (χ2n) is 6.90. The van der Waals surface area contributed by atoms with Gasteiger partial charge in [-0.25, -0.2) is 17.9 Å². The molecule has 6 heteroatoms. The summed E-state index contributed by atoms with van der Waals surface area (Å²) in [6.07, 6.45) is 3.13. The number of carbonyl (C=O) groups excluding carboxylic acids is 1. The molecule has 0 radical (unpaired) electrons. The summed E-state index contributed by atoms with van der Waals surface area (Å²) in [5.41, 5.74) is 1.01. The highest BCUT2D eigenvalue weighted by atomic mass is 32.2. The van der Waals surface area contributed by atoms with E-state index in [4.69, 9.17) is 4.74 Å². The van der Waals surface area contributed by atoms with Crippen LogP contribution >= 0.6 is 0 Å². The maximum absolute atomic E-state index is 12.5. The van der Waals surface area contributed by atoms with Crippen molar-refractivity contribution in [2.45, 2.75) is 57.1 Å². The van der Waals surface area contributed by atoms with Gasteiger partial charge in [0.05, 0.1) is 16.6 Å². The monoisotopic (exact) mass is 337 g/mol. The second-order valence-corrected chi connectivity index (χ2v) is 8.61. The highest BCUT2D eigenvalue weighted by Crippen LogP contribution is 2.50.